The molecule has 100 valence electrons. The van der Waals surface area contributed by atoms with Crippen LogP contribution in [0.1, 0.15) is 22.1 Å². The summed E-state index contributed by atoms with van der Waals surface area (Å²) in [5.41, 5.74) is -0.461. The number of hydrogen-bond acceptors (Lipinski definition) is 0. The molecular weight excluding hydrogens is 280 g/mol. The van der Waals surface area contributed by atoms with Crippen LogP contribution in [-0.4, -0.2) is 0 Å². The first-order valence-electron chi connectivity index (χ1n) is 5.45. The number of halogens is 5. The van der Waals surface area contributed by atoms with Crippen LogP contribution in [0.3, 0.4) is 0 Å². The van der Waals surface area contributed by atoms with E-state index in [-0.39, 0.29) is 11.1 Å². The summed E-state index contributed by atoms with van der Waals surface area (Å²) in [5.74, 6) is -3.42. The number of hydrogen-bond donors (Lipinski definition) is 0. The summed E-state index contributed by atoms with van der Waals surface area (Å²) >= 11 is 5.93. The summed E-state index contributed by atoms with van der Waals surface area (Å²) in [4.78, 5) is 0. The Morgan fingerprint density at radius 3 is 2.05 bits per heavy atom. The first kappa shape index (κ1) is 13.9. The highest BCUT2D eigenvalue weighted by atomic mass is 35.5. The molecule has 0 N–H and O–H groups in total. The number of benzene rings is 2. The normalized spacial score (nSPS) is 12.5. The van der Waals surface area contributed by atoms with Crippen molar-refractivity contribution >= 4 is 11.6 Å². The van der Waals surface area contributed by atoms with Crippen LogP contribution in [0.15, 0.2) is 30.3 Å². The highest BCUT2D eigenvalue weighted by molar-refractivity contribution is 6.22. The van der Waals surface area contributed by atoms with Crippen molar-refractivity contribution in [3.05, 3.63) is 70.3 Å². The van der Waals surface area contributed by atoms with Crippen LogP contribution in [0.2, 0.25) is 0 Å². The standard InChI is InChI=1S/C14H9ClF4/c1-7-5-8(12(19)6-11(7)18)14(15)13-9(16)3-2-4-10(13)17/h2-6,14H,1H3. The molecule has 0 saturated carbocycles. The number of rotatable bonds is 2. The van der Waals surface area contributed by atoms with Crippen LogP contribution in [-0.2, 0) is 0 Å². The fraction of sp³-hybridized carbons (Fsp3) is 0.143. The van der Waals surface area contributed by atoms with E-state index in [9.17, 15) is 17.6 Å². The zero-order chi connectivity index (χ0) is 14.2. The Labute approximate surface area is 112 Å². The number of alkyl halides is 1. The molecule has 2 rings (SSSR count). The maximum absolute atomic E-state index is 13.7. The van der Waals surface area contributed by atoms with Crippen molar-refractivity contribution in [2.24, 2.45) is 0 Å². The molecule has 0 aliphatic carbocycles. The Bertz CT molecular complexity index is 605. The molecule has 1 atom stereocenters. The van der Waals surface area contributed by atoms with Crippen molar-refractivity contribution in [3.8, 4) is 0 Å². The van der Waals surface area contributed by atoms with Crippen LogP contribution in [0.5, 0.6) is 0 Å². The Morgan fingerprint density at radius 1 is 0.895 bits per heavy atom. The lowest BCUT2D eigenvalue weighted by Crippen LogP contribution is -2.04. The van der Waals surface area contributed by atoms with Gasteiger partial charge in [-0.15, -0.1) is 11.6 Å². The second kappa shape index (κ2) is 5.21. The quantitative estimate of drug-likeness (QED) is 0.546. The van der Waals surface area contributed by atoms with Crippen molar-refractivity contribution in [2.75, 3.05) is 0 Å². The largest absolute Gasteiger partial charge is 0.207 e. The van der Waals surface area contributed by atoms with Crippen molar-refractivity contribution in [2.45, 2.75) is 12.3 Å². The van der Waals surface area contributed by atoms with Gasteiger partial charge in [-0.25, -0.2) is 17.6 Å². The van der Waals surface area contributed by atoms with E-state index < -0.39 is 34.2 Å². The van der Waals surface area contributed by atoms with Gasteiger partial charge in [0, 0.05) is 17.2 Å². The highest BCUT2D eigenvalue weighted by Gasteiger charge is 2.23. The molecule has 2 aromatic rings. The zero-order valence-electron chi connectivity index (χ0n) is 9.85. The van der Waals surface area contributed by atoms with Crippen molar-refractivity contribution in [1.82, 2.24) is 0 Å². The van der Waals surface area contributed by atoms with Crippen LogP contribution < -0.4 is 0 Å². The van der Waals surface area contributed by atoms with Gasteiger partial charge in [-0.3, -0.25) is 0 Å². The molecule has 0 amide bonds. The summed E-state index contributed by atoms with van der Waals surface area (Å²) in [6.07, 6.45) is 0. The van der Waals surface area contributed by atoms with Crippen molar-refractivity contribution in [3.63, 3.8) is 0 Å². The van der Waals surface area contributed by atoms with E-state index in [1.165, 1.54) is 13.0 Å². The van der Waals surface area contributed by atoms with Gasteiger partial charge >= 0.3 is 0 Å². The Morgan fingerprint density at radius 2 is 1.47 bits per heavy atom. The summed E-state index contributed by atoms with van der Waals surface area (Å²) in [7, 11) is 0. The van der Waals surface area contributed by atoms with Crippen LogP contribution in [0.4, 0.5) is 17.6 Å². The van der Waals surface area contributed by atoms with Crippen molar-refractivity contribution in [1.29, 1.82) is 0 Å². The van der Waals surface area contributed by atoms with Gasteiger partial charge in [0.1, 0.15) is 23.3 Å². The lowest BCUT2D eigenvalue weighted by molar-refractivity contribution is 0.546. The average Bonchev–Trinajstić information content (AvgIpc) is 2.33. The summed E-state index contributed by atoms with van der Waals surface area (Å²) in [5, 5.41) is -1.36. The number of aryl methyl sites for hydroxylation is 1. The second-order valence-electron chi connectivity index (χ2n) is 4.12. The van der Waals surface area contributed by atoms with Crippen LogP contribution >= 0.6 is 11.6 Å². The Kier molecular flexibility index (Phi) is 3.80. The molecule has 1 unspecified atom stereocenters. The lowest BCUT2D eigenvalue weighted by atomic mass is 10.0. The van der Waals surface area contributed by atoms with Gasteiger partial charge in [-0.2, -0.15) is 0 Å². The van der Waals surface area contributed by atoms with Gasteiger partial charge in [-0.05, 0) is 30.7 Å². The smallest absolute Gasteiger partial charge is 0.131 e. The third-order valence-electron chi connectivity index (χ3n) is 2.80. The minimum absolute atomic E-state index is 0.152. The summed E-state index contributed by atoms with van der Waals surface area (Å²) in [6, 6.07) is 5.04. The predicted molar refractivity (Wildman–Crippen MR) is 65.1 cm³/mol. The minimum Gasteiger partial charge on any atom is -0.207 e. The molecule has 0 aliphatic rings. The maximum Gasteiger partial charge on any atom is 0.131 e. The topological polar surface area (TPSA) is 0 Å². The molecule has 0 fully saturated rings. The SMILES string of the molecule is Cc1cc(C(Cl)c2c(F)cccc2F)c(F)cc1F. The predicted octanol–water partition coefficient (Wildman–Crippen LogP) is 4.88. The van der Waals surface area contributed by atoms with E-state index >= 15 is 0 Å². The molecule has 19 heavy (non-hydrogen) atoms. The van der Waals surface area contributed by atoms with E-state index in [1.807, 2.05) is 0 Å². The zero-order valence-corrected chi connectivity index (χ0v) is 10.6. The van der Waals surface area contributed by atoms with Gasteiger partial charge in [-0.1, -0.05) is 6.07 Å². The monoisotopic (exact) mass is 288 g/mol. The fourth-order valence-corrected chi connectivity index (χ4v) is 2.16. The van der Waals surface area contributed by atoms with Gasteiger partial charge in [0.15, 0.2) is 0 Å². The first-order chi connectivity index (χ1) is 8.91. The molecule has 0 aromatic heterocycles. The van der Waals surface area contributed by atoms with Crippen LogP contribution in [0.25, 0.3) is 0 Å². The molecule has 5 heteroatoms. The Balaban J connectivity index is 2.56. The maximum atomic E-state index is 13.7. The fourth-order valence-electron chi connectivity index (χ4n) is 1.78. The second-order valence-corrected chi connectivity index (χ2v) is 4.56. The highest BCUT2D eigenvalue weighted by Crippen LogP contribution is 2.34. The van der Waals surface area contributed by atoms with E-state index in [0.29, 0.717) is 6.07 Å². The molecular formula is C14H9ClF4. The van der Waals surface area contributed by atoms with Gasteiger partial charge in [0.25, 0.3) is 0 Å². The molecule has 0 saturated heterocycles. The van der Waals surface area contributed by atoms with Crippen LogP contribution in [0, 0.1) is 30.2 Å². The van der Waals surface area contributed by atoms with E-state index in [0.717, 1.165) is 18.2 Å². The molecule has 0 aliphatic heterocycles. The van der Waals surface area contributed by atoms with Gasteiger partial charge < -0.3 is 0 Å². The van der Waals surface area contributed by atoms with Crippen molar-refractivity contribution < 1.29 is 17.6 Å². The van der Waals surface area contributed by atoms with Gasteiger partial charge in [0.2, 0.25) is 0 Å². The molecule has 2 aromatic carbocycles. The molecule has 0 spiro atoms. The van der Waals surface area contributed by atoms with E-state index in [4.69, 9.17) is 11.6 Å². The first-order valence-corrected chi connectivity index (χ1v) is 5.89. The minimum atomic E-state index is -1.36. The van der Waals surface area contributed by atoms with E-state index in [1.54, 1.807) is 0 Å². The average molecular weight is 289 g/mol. The van der Waals surface area contributed by atoms with E-state index in [2.05, 4.69) is 0 Å². The molecule has 0 radical (unpaired) electrons. The molecule has 0 nitrogen and oxygen atoms in total. The summed E-state index contributed by atoms with van der Waals surface area (Å²) < 4.78 is 54.0. The Hall–Kier alpha value is -1.55. The summed E-state index contributed by atoms with van der Waals surface area (Å²) in [6.45, 7) is 1.42. The molecule has 0 bridgehead atoms. The lowest BCUT2D eigenvalue weighted by Gasteiger charge is -2.14. The molecule has 0 heterocycles. The van der Waals surface area contributed by atoms with Gasteiger partial charge in [0.05, 0.1) is 5.38 Å². The third kappa shape index (κ3) is 2.59. The third-order valence-corrected chi connectivity index (χ3v) is 3.26.